The van der Waals surface area contributed by atoms with E-state index in [1.165, 1.54) is 0 Å². The van der Waals surface area contributed by atoms with Crippen molar-refractivity contribution in [2.45, 2.75) is 25.8 Å². The molecule has 0 spiro atoms. The number of rotatable bonds is 9. The molecule has 1 aromatic carbocycles. The van der Waals surface area contributed by atoms with Gasteiger partial charge in [-0.05, 0) is 31.5 Å². The van der Waals surface area contributed by atoms with Crippen LogP contribution in [0.25, 0.3) is 0 Å². The normalized spacial score (nSPS) is 11.9. The molecule has 0 aromatic heterocycles. The second-order valence-electron chi connectivity index (χ2n) is 4.74. The number of carbonyl (C=O) groups is 1. The van der Waals surface area contributed by atoms with Gasteiger partial charge in [-0.2, -0.15) is 0 Å². The molecular weight excluding hydrogens is 256 g/mol. The highest BCUT2D eigenvalue weighted by Gasteiger charge is 2.06. The lowest BCUT2D eigenvalue weighted by Gasteiger charge is -2.09. The summed E-state index contributed by atoms with van der Waals surface area (Å²) in [5.74, 6) is 0.592. The zero-order valence-electron chi connectivity index (χ0n) is 12.2. The van der Waals surface area contributed by atoms with Gasteiger partial charge in [-0.3, -0.25) is 4.79 Å². The summed E-state index contributed by atoms with van der Waals surface area (Å²) in [5.41, 5.74) is 6.24. The van der Waals surface area contributed by atoms with Gasteiger partial charge in [0.15, 0.2) is 0 Å². The average molecular weight is 280 g/mol. The van der Waals surface area contributed by atoms with Crippen LogP contribution in [-0.4, -0.2) is 38.8 Å². The van der Waals surface area contributed by atoms with Crippen LogP contribution in [0.1, 0.15) is 30.1 Å². The minimum Gasteiger partial charge on any atom is -0.493 e. The van der Waals surface area contributed by atoms with Crippen molar-refractivity contribution in [1.29, 1.82) is 0 Å². The summed E-state index contributed by atoms with van der Waals surface area (Å²) in [5, 5.41) is 2.84. The molecule has 1 aromatic rings. The number of hydrogen-bond donors (Lipinski definition) is 2. The molecule has 1 rings (SSSR count). The molecule has 0 aliphatic rings. The molecule has 0 fully saturated rings. The van der Waals surface area contributed by atoms with Gasteiger partial charge in [-0.1, -0.05) is 6.07 Å². The monoisotopic (exact) mass is 280 g/mol. The molecule has 1 atom stereocenters. The number of nitrogens with two attached hydrogens (primary N) is 1. The van der Waals surface area contributed by atoms with E-state index < -0.39 is 0 Å². The number of amides is 1. The van der Waals surface area contributed by atoms with Crippen molar-refractivity contribution in [2.24, 2.45) is 5.73 Å². The second kappa shape index (κ2) is 9.34. The first-order chi connectivity index (χ1) is 9.63. The van der Waals surface area contributed by atoms with Crippen molar-refractivity contribution in [1.82, 2.24) is 5.32 Å². The molecule has 1 unspecified atom stereocenters. The Bertz CT molecular complexity index is 408. The smallest absolute Gasteiger partial charge is 0.251 e. The number of methoxy groups -OCH3 is 1. The van der Waals surface area contributed by atoms with E-state index in [4.69, 9.17) is 15.2 Å². The van der Waals surface area contributed by atoms with E-state index in [0.29, 0.717) is 31.1 Å². The standard InChI is InChI=1S/C15H24N2O3/c1-12(16)7-8-17-15(18)13-5-3-6-14(11-13)20-10-4-9-19-2/h3,5-6,11-12H,4,7-10,16H2,1-2H3,(H,17,18). The molecule has 0 saturated heterocycles. The lowest BCUT2D eigenvalue weighted by molar-refractivity contribution is 0.0952. The average Bonchev–Trinajstić information content (AvgIpc) is 2.43. The summed E-state index contributed by atoms with van der Waals surface area (Å²) in [6.07, 6.45) is 1.58. The largest absolute Gasteiger partial charge is 0.493 e. The Morgan fingerprint density at radius 1 is 1.40 bits per heavy atom. The maximum atomic E-state index is 11.9. The van der Waals surface area contributed by atoms with Gasteiger partial charge in [0, 0.05) is 38.3 Å². The van der Waals surface area contributed by atoms with Crippen LogP contribution < -0.4 is 15.8 Å². The van der Waals surface area contributed by atoms with Crippen LogP contribution in [0.2, 0.25) is 0 Å². The first kappa shape index (κ1) is 16.5. The van der Waals surface area contributed by atoms with Crippen LogP contribution in [-0.2, 0) is 4.74 Å². The summed E-state index contributed by atoms with van der Waals surface area (Å²) >= 11 is 0. The Hall–Kier alpha value is -1.59. The summed E-state index contributed by atoms with van der Waals surface area (Å²) in [6, 6.07) is 7.25. The van der Waals surface area contributed by atoms with E-state index in [1.54, 1.807) is 19.2 Å². The number of hydrogen-bond acceptors (Lipinski definition) is 4. The summed E-state index contributed by atoms with van der Waals surface area (Å²) < 4.78 is 10.5. The summed E-state index contributed by atoms with van der Waals surface area (Å²) in [4.78, 5) is 11.9. The topological polar surface area (TPSA) is 73.6 Å². The maximum absolute atomic E-state index is 11.9. The summed E-state index contributed by atoms with van der Waals surface area (Å²) in [6.45, 7) is 3.73. The van der Waals surface area contributed by atoms with Gasteiger partial charge < -0.3 is 20.5 Å². The Balaban J connectivity index is 2.43. The highest BCUT2D eigenvalue weighted by atomic mass is 16.5. The Kier molecular flexibility index (Phi) is 7.69. The van der Waals surface area contributed by atoms with Gasteiger partial charge in [0.1, 0.15) is 5.75 Å². The fourth-order valence-corrected chi connectivity index (χ4v) is 1.64. The third kappa shape index (κ3) is 6.54. The van der Waals surface area contributed by atoms with E-state index in [9.17, 15) is 4.79 Å². The van der Waals surface area contributed by atoms with E-state index in [2.05, 4.69) is 5.32 Å². The zero-order valence-corrected chi connectivity index (χ0v) is 12.2. The third-order valence-corrected chi connectivity index (χ3v) is 2.74. The predicted molar refractivity (Wildman–Crippen MR) is 79.0 cm³/mol. The van der Waals surface area contributed by atoms with Gasteiger partial charge in [0.05, 0.1) is 6.61 Å². The Morgan fingerprint density at radius 3 is 2.90 bits per heavy atom. The molecule has 0 radical (unpaired) electrons. The first-order valence-electron chi connectivity index (χ1n) is 6.89. The molecule has 0 aliphatic carbocycles. The van der Waals surface area contributed by atoms with Crippen LogP contribution in [0.15, 0.2) is 24.3 Å². The van der Waals surface area contributed by atoms with Gasteiger partial charge in [0.2, 0.25) is 0 Å². The van der Waals surface area contributed by atoms with Crippen LogP contribution in [0, 0.1) is 0 Å². The van der Waals surface area contributed by atoms with Crippen molar-refractivity contribution < 1.29 is 14.3 Å². The van der Waals surface area contributed by atoms with Crippen LogP contribution in [0.3, 0.4) is 0 Å². The maximum Gasteiger partial charge on any atom is 0.251 e. The quantitative estimate of drug-likeness (QED) is 0.673. The van der Waals surface area contributed by atoms with Crippen LogP contribution >= 0.6 is 0 Å². The Morgan fingerprint density at radius 2 is 2.20 bits per heavy atom. The fourth-order valence-electron chi connectivity index (χ4n) is 1.64. The van der Waals surface area contributed by atoms with Crippen molar-refractivity contribution in [3.05, 3.63) is 29.8 Å². The highest BCUT2D eigenvalue weighted by Crippen LogP contribution is 2.13. The fraction of sp³-hybridized carbons (Fsp3) is 0.533. The van der Waals surface area contributed by atoms with Crippen molar-refractivity contribution >= 4 is 5.91 Å². The van der Waals surface area contributed by atoms with Gasteiger partial charge in [-0.25, -0.2) is 0 Å². The minimum atomic E-state index is -0.104. The number of benzene rings is 1. The molecule has 112 valence electrons. The van der Waals surface area contributed by atoms with Crippen LogP contribution in [0.4, 0.5) is 0 Å². The van der Waals surface area contributed by atoms with Gasteiger partial charge >= 0.3 is 0 Å². The van der Waals surface area contributed by atoms with E-state index in [1.807, 2.05) is 19.1 Å². The number of carbonyl (C=O) groups excluding carboxylic acids is 1. The highest BCUT2D eigenvalue weighted by molar-refractivity contribution is 5.94. The predicted octanol–water partition coefficient (Wildman–Crippen LogP) is 1.57. The molecular formula is C15H24N2O3. The Labute approximate surface area is 120 Å². The third-order valence-electron chi connectivity index (χ3n) is 2.74. The van der Waals surface area contributed by atoms with E-state index >= 15 is 0 Å². The summed E-state index contributed by atoms with van der Waals surface area (Å²) in [7, 11) is 1.66. The van der Waals surface area contributed by atoms with Crippen molar-refractivity contribution in [3.8, 4) is 5.75 Å². The van der Waals surface area contributed by atoms with Crippen molar-refractivity contribution in [3.63, 3.8) is 0 Å². The van der Waals surface area contributed by atoms with E-state index in [-0.39, 0.29) is 11.9 Å². The molecule has 0 heterocycles. The molecule has 0 aliphatic heterocycles. The van der Waals surface area contributed by atoms with Crippen molar-refractivity contribution in [2.75, 3.05) is 26.9 Å². The lowest BCUT2D eigenvalue weighted by atomic mass is 10.2. The molecule has 1 amide bonds. The molecule has 0 saturated carbocycles. The SMILES string of the molecule is COCCCOc1cccc(C(=O)NCCC(C)N)c1. The number of ether oxygens (including phenoxy) is 2. The number of nitrogens with one attached hydrogen (secondary N) is 1. The zero-order chi connectivity index (χ0) is 14.8. The lowest BCUT2D eigenvalue weighted by Crippen LogP contribution is -2.28. The molecule has 5 heteroatoms. The minimum absolute atomic E-state index is 0.0887. The molecule has 5 nitrogen and oxygen atoms in total. The van der Waals surface area contributed by atoms with Gasteiger partial charge in [0.25, 0.3) is 5.91 Å². The van der Waals surface area contributed by atoms with Gasteiger partial charge in [-0.15, -0.1) is 0 Å². The first-order valence-corrected chi connectivity index (χ1v) is 6.89. The van der Waals surface area contributed by atoms with E-state index in [0.717, 1.165) is 12.8 Å². The molecule has 20 heavy (non-hydrogen) atoms. The second-order valence-corrected chi connectivity index (χ2v) is 4.74. The molecule has 3 N–H and O–H groups in total. The van der Waals surface area contributed by atoms with Crippen LogP contribution in [0.5, 0.6) is 5.75 Å². The molecule has 0 bridgehead atoms.